The average molecular weight is 200 g/mol. The molecule has 0 aliphatic heterocycles. The van der Waals surface area contributed by atoms with Crippen LogP contribution in [-0.2, 0) is 24.1 Å². The first kappa shape index (κ1) is 12.4. The van der Waals surface area contributed by atoms with E-state index in [2.05, 4.69) is 22.9 Å². The Labute approximate surface area is 81.9 Å². The molecule has 0 aromatic rings. The summed E-state index contributed by atoms with van der Waals surface area (Å²) < 4.78 is 4.72. The highest BCUT2D eigenvalue weighted by Gasteiger charge is 2.07. The zero-order valence-corrected chi connectivity index (χ0v) is 7.89. The van der Waals surface area contributed by atoms with E-state index in [0.717, 1.165) is 12.2 Å². The summed E-state index contributed by atoms with van der Waals surface area (Å²) in [6.45, 7) is 7.93. The first-order valence-electron chi connectivity index (χ1n) is 3.89. The van der Waals surface area contributed by atoms with Crippen molar-refractivity contribution in [2.75, 3.05) is 6.61 Å². The Kier molecular flexibility index (Phi) is 6.06. The van der Waals surface area contributed by atoms with Crippen molar-refractivity contribution < 1.29 is 24.1 Å². The fourth-order valence-electron chi connectivity index (χ4n) is 0.502. The summed E-state index contributed by atoms with van der Waals surface area (Å²) >= 11 is 0. The summed E-state index contributed by atoms with van der Waals surface area (Å²) in [4.78, 5) is 29.8. The molecule has 0 radical (unpaired) electrons. The molecule has 0 bridgehead atoms. The number of esters is 1. The van der Waals surface area contributed by atoms with Crippen molar-refractivity contribution in [3.63, 3.8) is 0 Å². The quantitative estimate of drug-likeness (QED) is 0.274. The van der Waals surface area contributed by atoms with Crippen molar-refractivity contribution >= 4 is 11.9 Å². The minimum absolute atomic E-state index is 0.0425. The maximum absolute atomic E-state index is 10.7. The fourth-order valence-corrected chi connectivity index (χ4v) is 0.502. The summed E-state index contributed by atoms with van der Waals surface area (Å²) in [6, 6.07) is 0. The van der Waals surface area contributed by atoms with E-state index in [9.17, 15) is 9.59 Å². The lowest BCUT2D eigenvalue weighted by Gasteiger charge is -2.10. The lowest BCUT2D eigenvalue weighted by atomic mass is 10.4. The van der Waals surface area contributed by atoms with Gasteiger partial charge in [0.2, 0.25) is 0 Å². The van der Waals surface area contributed by atoms with E-state index >= 15 is 0 Å². The summed E-state index contributed by atoms with van der Waals surface area (Å²) in [6.07, 6.45) is 1.48. The molecule has 5 heteroatoms. The van der Waals surface area contributed by atoms with E-state index in [4.69, 9.17) is 4.74 Å². The van der Waals surface area contributed by atoms with Crippen molar-refractivity contribution in [3.05, 3.63) is 25.3 Å². The van der Waals surface area contributed by atoms with Crippen molar-refractivity contribution in [1.29, 1.82) is 0 Å². The van der Waals surface area contributed by atoms with Gasteiger partial charge in [-0.25, -0.2) is 9.59 Å². The molecule has 0 aromatic carbocycles. The monoisotopic (exact) mass is 200 g/mol. The van der Waals surface area contributed by atoms with Crippen LogP contribution >= 0.6 is 0 Å². The summed E-state index contributed by atoms with van der Waals surface area (Å²) in [5, 5.41) is 0. The normalized spacial score (nSPS) is 11.2. The second-order valence-corrected chi connectivity index (χ2v) is 2.34. The zero-order valence-electron chi connectivity index (χ0n) is 7.89. The smallest absolute Gasteiger partial charge is 0.365 e. The Bertz CT molecular complexity index is 233. The molecule has 0 N–H and O–H groups in total. The number of rotatable bonds is 6. The molecule has 1 atom stereocenters. The van der Waals surface area contributed by atoms with E-state index in [1.165, 1.54) is 0 Å². The molecule has 0 rings (SSSR count). The highest BCUT2D eigenvalue weighted by Crippen LogP contribution is 1.94. The van der Waals surface area contributed by atoms with Gasteiger partial charge in [0.1, 0.15) is 12.7 Å². The summed E-state index contributed by atoms with van der Waals surface area (Å²) in [5.74, 6) is -1.26. The van der Waals surface area contributed by atoms with E-state index in [1.807, 2.05) is 0 Å². The maximum atomic E-state index is 10.7. The van der Waals surface area contributed by atoms with Crippen LogP contribution in [0.4, 0.5) is 0 Å². The third kappa shape index (κ3) is 5.96. The van der Waals surface area contributed by atoms with E-state index < -0.39 is 18.0 Å². The lowest BCUT2D eigenvalue weighted by Crippen LogP contribution is -2.20. The van der Waals surface area contributed by atoms with Crippen molar-refractivity contribution in [3.8, 4) is 0 Å². The Morgan fingerprint density at radius 1 is 1.29 bits per heavy atom. The van der Waals surface area contributed by atoms with Gasteiger partial charge in [-0.05, 0) is 6.92 Å². The van der Waals surface area contributed by atoms with Crippen LogP contribution in [0.15, 0.2) is 25.3 Å². The number of carbonyl (C=O) groups is 2. The second kappa shape index (κ2) is 6.85. The standard InChI is InChI=1S/C9H12O5/c1-4-8(10)13-7(3)6-12-14-9(11)5-2/h4-5,7H,1-2,6H2,3H3. The molecule has 0 saturated carbocycles. The van der Waals surface area contributed by atoms with Gasteiger partial charge < -0.3 is 4.74 Å². The van der Waals surface area contributed by atoms with Crippen molar-refractivity contribution in [1.82, 2.24) is 0 Å². The number of hydrogen-bond donors (Lipinski definition) is 0. The van der Waals surface area contributed by atoms with Gasteiger partial charge in [-0.3, -0.25) is 4.89 Å². The van der Waals surface area contributed by atoms with Crippen LogP contribution < -0.4 is 0 Å². The highest BCUT2D eigenvalue weighted by atomic mass is 17.2. The lowest BCUT2D eigenvalue weighted by molar-refractivity contribution is -0.276. The van der Waals surface area contributed by atoms with E-state index in [0.29, 0.717) is 0 Å². The molecule has 0 spiro atoms. The Balaban J connectivity index is 3.58. The molecular weight excluding hydrogens is 188 g/mol. The SMILES string of the molecule is C=CC(=O)OOCC(C)OC(=O)C=C. The first-order valence-corrected chi connectivity index (χ1v) is 3.89. The summed E-state index contributed by atoms with van der Waals surface area (Å²) in [5.41, 5.74) is 0. The molecule has 0 amide bonds. The van der Waals surface area contributed by atoms with Crippen LogP contribution in [0.5, 0.6) is 0 Å². The van der Waals surface area contributed by atoms with E-state index in [1.54, 1.807) is 6.92 Å². The molecule has 78 valence electrons. The predicted molar refractivity (Wildman–Crippen MR) is 48.0 cm³/mol. The zero-order chi connectivity index (χ0) is 11.0. The van der Waals surface area contributed by atoms with E-state index in [-0.39, 0.29) is 6.61 Å². The molecule has 0 saturated heterocycles. The van der Waals surface area contributed by atoms with Crippen LogP contribution in [0, 0.1) is 0 Å². The average Bonchev–Trinajstić information content (AvgIpc) is 2.17. The molecule has 0 fully saturated rings. The third-order valence-electron chi connectivity index (χ3n) is 1.09. The molecule has 0 aliphatic carbocycles. The topological polar surface area (TPSA) is 61.8 Å². The largest absolute Gasteiger partial charge is 0.457 e. The van der Waals surface area contributed by atoms with Gasteiger partial charge in [-0.1, -0.05) is 13.2 Å². The van der Waals surface area contributed by atoms with Gasteiger partial charge in [-0.15, -0.1) is 0 Å². The Hall–Kier alpha value is -1.62. The molecular formula is C9H12O5. The van der Waals surface area contributed by atoms with Crippen LogP contribution in [0.1, 0.15) is 6.92 Å². The maximum Gasteiger partial charge on any atom is 0.365 e. The van der Waals surface area contributed by atoms with Gasteiger partial charge in [0.25, 0.3) is 0 Å². The molecule has 0 aliphatic rings. The van der Waals surface area contributed by atoms with Crippen molar-refractivity contribution in [2.45, 2.75) is 13.0 Å². The molecule has 0 heterocycles. The van der Waals surface area contributed by atoms with Crippen LogP contribution in [0.3, 0.4) is 0 Å². The predicted octanol–water partition coefficient (Wildman–Crippen LogP) is 0.765. The summed E-state index contributed by atoms with van der Waals surface area (Å²) in [7, 11) is 0. The van der Waals surface area contributed by atoms with Gasteiger partial charge in [-0.2, -0.15) is 4.89 Å². The van der Waals surface area contributed by atoms with Gasteiger partial charge in [0, 0.05) is 12.2 Å². The van der Waals surface area contributed by atoms with Gasteiger partial charge in [0.05, 0.1) is 0 Å². The molecule has 14 heavy (non-hydrogen) atoms. The van der Waals surface area contributed by atoms with Gasteiger partial charge in [0.15, 0.2) is 0 Å². The van der Waals surface area contributed by atoms with Crippen LogP contribution in [0.25, 0.3) is 0 Å². The minimum Gasteiger partial charge on any atom is -0.457 e. The minimum atomic E-state index is -0.702. The van der Waals surface area contributed by atoms with Gasteiger partial charge >= 0.3 is 11.9 Å². The Morgan fingerprint density at radius 2 is 1.86 bits per heavy atom. The number of hydrogen-bond acceptors (Lipinski definition) is 5. The third-order valence-corrected chi connectivity index (χ3v) is 1.09. The van der Waals surface area contributed by atoms with Crippen LogP contribution in [-0.4, -0.2) is 24.6 Å². The highest BCUT2D eigenvalue weighted by molar-refractivity contribution is 5.81. The Morgan fingerprint density at radius 3 is 2.36 bits per heavy atom. The fraction of sp³-hybridized carbons (Fsp3) is 0.333. The van der Waals surface area contributed by atoms with Crippen LogP contribution in [0.2, 0.25) is 0 Å². The molecule has 5 nitrogen and oxygen atoms in total. The number of ether oxygens (including phenoxy) is 1. The first-order chi connectivity index (χ1) is 6.60. The molecule has 0 aromatic heterocycles. The number of carbonyl (C=O) groups excluding carboxylic acids is 2. The molecule has 1 unspecified atom stereocenters. The van der Waals surface area contributed by atoms with Crippen molar-refractivity contribution in [2.24, 2.45) is 0 Å². The second-order valence-electron chi connectivity index (χ2n) is 2.34.